The third-order valence-electron chi connectivity index (χ3n) is 6.87. The molecule has 0 heterocycles. The van der Waals surface area contributed by atoms with Crippen molar-refractivity contribution in [3.8, 4) is 0 Å². The zero-order valence-corrected chi connectivity index (χ0v) is 23.1. The number of rotatable bonds is 12. The Kier molecular flexibility index (Phi) is 11.5. The lowest BCUT2D eigenvalue weighted by atomic mass is 9.65. The van der Waals surface area contributed by atoms with Gasteiger partial charge < -0.3 is 36.2 Å². The summed E-state index contributed by atoms with van der Waals surface area (Å²) in [5, 5.41) is 19.8. The van der Waals surface area contributed by atoms with Crippen molar-refractivity contribution in [2.45, 2.75) is 78.3 Å². The highest BCUT2D eigenvalue weighted by atomic mass is 16.5. The van der Waals surface area contributed by atoms with Gasteiger partial charge in [-0.05, 0) is 62.9 Å². The number of carbonyl (C=O) groups is 3. The molecule has 0 radical (unpaired) electrons. The van der Waals surface area contributed by atoms with Crippen LogP contribution in [-0.2, 0) is 19.1 Å². The molecule has 2 aliphatic carbocycles. The lowest BCUT2D eigenvalue weighted by molar-refractivity contribution is -0.120. The molecule has 37 heavy (non-hydrogen) atoms. The lowest BCUT2D eigenvalue weighted by Gasteiger charge is -2.45. The number of amides is 3. The van der Waals surface area contributed by atoms with Gasteiger partial charge in [0.05, 0.1) is 19.3 Å². The van der Waals surface area contributed by atoms with E-state index in [1.807, 2.05) is 27.7 Å². The van der Waals surface area contributed by atoms with Gasteiger partial charge in [-0.3, -0.25) is 9.59 Å². The molecule has 0 saturated heterocycles. The first-order valence-electron chi connectivity index (χ1n) is 13.2. The van der Waals surface area contributed by atoms with Crippen molar-refractivity contribution in [1.82, 2.24) is 21.3 Å². The molecule has 3 unspecified atom stereocenters. The second-order valence-corrected chi connectivity index (χ2v) is 11.1. The van der Waals surface area contributed by atoms with Gasteiger partial charge in [-0.25, -0.2) is 4.79 Å². The minimum Gasteiger partial charge on any atom is -0.478 e. The van der Waals surface area contributed by atoms with E-state index in [1.54, 1.807) is 12.3 Å². The summed E-state index contributed by atoms with van der Waals surface area (Å²) >= 11 is 0. The highest BCUT2D eigenvalue weighted by Gasteiger charge is 2.41. The first-order valence-corrected chi connectivity index (χ1v) is 13.2. The second-order valence-electron chi connectivity index (χ2n) is 11.1. The standard InChI is InChI=1S/C27H45N5O5/c1-17(2)16-37-25(29-11-10-27(4,5)32-18(3)33)22(14-28)24(34)31-23-20-9-7-8-19(12-20)13-21(23)15-30-26(35)36-6/h10-11,14,17,19-21,23,28-29H,7-9,12-13,15-16H2,1-6H3,(H,30,35)(H,31,34)(H,32,33)/b11-10+,25-22-,28-14?/t19?,20?,21?,23-/m0/s1. The number of alkyl carbamates (subject to hydrolysis) is 1. The van der Waals surface area contributed by atoms with Gasteiger partial charge in [0.2, 0.25) is 11.8 Å². The van der Waals surface area contributed by atoms with Crippen LogP contribution in [0.15, 0.2) is 23.7 Å². The smallest absolute Gasteiger partial charge is 0.406 e. The van der Waals surface area contributed by atoms with Gasteiger partial charge in [-0.1, -0.05) is 26.7 Å². The summed E-state index contributed by atoms with van der Waals surface area (Å²) in [7, 11) is 1.34. The molecule has 2 fully saturated rings. The number of hydrogen-bond donors (Lipinski definition) is 5. The maximum Gasteiger partial charge on any atom is 0.406 e. The fourth-order valence-corrected chi connectivity index (χ4v) is 5.30. The van der Waals surface area contributed by atoms with Crippen LogP contribution in [0.1, 0.15) is 66.7 Å². The first kappa shape index (κ1) is 30.2. The summed E-state index contributed by atoms with van der Waals surface area (Å²) in [6.07, 6.45) is 9.19. The molecule has 10 nitrogen and oxygen atoms in total. The highest BCUT2D eigenvalue weighted by molar-refractivity contribution is 6.11. The van der Waals surface area contributed by atoms with E-state index in [0.717, 1.165) is 31.9 Å². The highest BCUT2D eigenvalue weighted by Crippen LogP contribution is 2.42. The van der Waals surface area contributed by atoms with Crippen molar-refractivity contribution < 1.29 is 23.9 Å². The Morgan fingerprint density at radius 1 is 1.16 bits per heavy atom. The number of hydrogen-bond acceptors (Lipinski definition) is 7. The van der Waals surface area contributed by atoms with E-state index >= 15 is 0 Å². The van der Waals surface area contributed by atoms with Crippen LogP contribution >= 0.6 is 0 Å². The third-order valence-corrected chi connectivity index (χ3v) is 6.87. The van der Waals surface area contributed by atoms with Gasteiger partial charge in [-0.2, -0.15) is 0 Å². The molecule has 10 heteroatoms. The van der Waals surface area contributed by atoms with Crippen LogP contribution in [0.3, 0.4) is 0 Å². The number of methoxy groups -OCH3 is 1. The van der Waals surface area contributed by atoms with Crippen LogP contribution in [0.4, 0.5) is 4.79 Å². The Morgan fingerprint density at radius 3 is 2.51 bits per heavy atom. The molecule has 2 bridgehead atoms. The van der Waals surface area contributed by atoms with Crippen molar-refractivity contribution in [1.29, 1.82) is 5.41 Å². The Hall–Kier alpha value is -3.04. The van der Waals surface area contributed by atoms with Gasteiger partial charge in [0.15, 0.2) is 0 Å². The van der Waals surface area contributed by atoms with Gasteiger partial charge in [0, 0.05) is 31.9 Å². The maximum absolute atomic E-state index is 13.5. The molecule has 0 aromatic carbocycles. The summed E-state index contributed by atoms with van der Waals surface area (Å²) in [5.74, 6) is 0.820. The van der Waals surface area contributed by atoms with E-state index in [1.165, 1.54) is 20.5 Å². The second kappa shape index (κ2) is 14.0. The average Bonchev–Trinajstić information content (AvgIpc) is 2.82. The van der Waals surface area contributed by atoms with Crippen LogP contribution in [0, 0.1) is 29.1 Å². The van der Waals surface area contributed by atoms with Crippen molar-refractivity contribution >= 4 is 24.1 Å². The number of carbonyl (C=O) groups excluding carboxylic acids is 3. The average molecular weight is 520 g/mol. The Bertz CT molecular complexity index is 882. The Morgan fingerprint density at radius 2 is 1.89 bits per heavy atom. The van der Waals surface area contributed by atoms with Crippen molar-refractivity contribution in [2.75, 3.05) is 20.3 Å². The molecule has 0 aromatic rings. The number of fused-ring (bicyclic) bond motifs is 2. The van der Waals surface area contributed by atoms with Crippen molar-refractivity contribution in [3.63, 3.8) is 0 Å². The van der Waals surface area contributed by atoms with E-state index in [2.05, 4.69) is 21.3 Å². The molecule has 208 valence electrons. The summed E-state index contributed by atoms with van der Waals surface area (Å²) in [6, 6.07) is -0.128. The molecule has 2 aliphatic rings. The minimum atomic E-state index is -0.616. The van der Waals surface area contributed by atoms with Crippen LogP contribution in [0.2, 0.25) is 0 Å². The van der Waals surface area contributed by atoms with Crippen LogP contribution in [-0.4, -0.2) is 56.0 Å². The van der Waals surface area contributed by atoms with Crippen LogP contribution in [0.25, 0.3) is 0 Å². The number of ether oxygens (including phenoxy) is 2. The third kappa shape index (κ3) is 9.74. The summed E-state index contributed by atoms with van der Waals surface area (Å²) in [4.78, 5) is 36.7. The topological polar surface area (TPSA) is 142 Å². The van der Waals surface area contributed by atoms with E-state index in [4.69, 9.17) is 14.9 Å². The SMILES string of the molecule is COC(=O)NCC1CC2CCCC(C2)[C@@H]1NC(=O)/C(C=N)=C(/N/C=C/C(C)(C)NC(C)=O)OCC(C)C. The van der Waals surface area contributed by atoms with Crippen molar-refractivity contribution in [3.05, 3.63) is 23.7 Å². The van der Waals surface area contributed by atoms with E-state index in [-0.39, 0.29) is 35.2 Å². The summed E-state index contributed by atoms with van der Waals surface area (Å²) < 4.78 is 10.6. The summed E-state index contributed by atoms with van der Waals surface area (Å²) in [5.41, 5.74) is -0.533. The van der Waals surface area contributed by atoms with Gasteiger partial charge >= 0.3 is 6.09 Å². The Balaban J connectivity index is 2.25. The Labute approximate surface area is 220 Å². The molecule has 2 rings (SSSR count). The predicted octanol–water partition coefficient (Wildman–Crippen LogP) is 3.21. The molecular weight excluding hydrogens is 474 g/mol. The molecule has 2 saturated carbocycles. The minimum absolute atomic E-state index is 0.0745. The fourth-order valence-electron chi connectivity index (χ4n) is 5.30. The molecule has 4 atom stereocenters. The quantitative estimate of drug-likeness (QED) is 0.152. The van der Waals surface area contributed by atoms with E-state index < -0.39 is 17.5 Å². The predicted molar refractivity (Wildman–Crippen MR) is 143 cm³/mol. The molecule has 0 aliphatic heterocycles. The van der Waals surface area contributed by atoms with Crippen molar-refractivity contribution in [2.24, 2.45) is 23.7 Å². The normalized spacial score (nSPS) is 24.1. The van der Waals surface area contributed by atoms with Crippen LogP contribution in [0.5, 0.6) is 0 Å². The molecule has 5 N–H and O–H groups in total. The largest absolute Gasteiger partial charge is 0.478 e. The number of nitrogens with one attached hydrogen (secondary N) is 5. The van der Waals surface area contributed by atoms with Gasteiger partial charge in [-0.15, -0.1) is 0 Å². The van der Waals surface area contributed by atoms with Gasteiger partial charge in [0.25, 0.3) is 5.91 Å². The maximum atomic E-state index is 13.5. The van der Waals surface area contributed by atoms with Crippen LogP contribution < -0.4 is 21.3 Å². The van der Waals surface area contributed by atoms with E-state index in [9.17, 15) is 14.4 Å². The lowest BCUT2D eigenvalue weighted by Crippen LogP contribution is -2.54. The fraction of sp³-hybridized carbons (Fsp3) is 0.704. The zero-order valence-electron chi connectivity index (χ0n) is 23.1. The molecule has 0 aromatic heterocycles. The first-order chi connectivity index (χ1) is 17.5. The molecule has 0 spiro atoms. The molecular formula is C27H45N5O5. The summed E-state index contributed by atoms with van der Waals surface area (Å²) in [6.45, 7) is 9.91. The van der Waals surface area contributed by atoms with Gasteiger partial charge in [0.1, 0.15) is 5.57 Å². The molecule has 3 amide bonds. The monoisotopic (exact) mass is 519 g/mol. The zero-order chi connectivity index (χ0) is 27.6. The van der Waals surface area contributed by atoms with E-state index in [0.29, 0.717) is 25.0 Å².